The first kappa shape index (κ1) is 15.9. The van der Waals surface area contributed by atoms with Gasteiger partial charge in [-0.15, -0.1) is 5.10 Å². The molecule has 21 heavy (non-hydrogen) atoms. The van der Waals surface area contributed by atoms with Crippen molar-refractivity contribution in [2.45, 2.75) is 30.9 Å². The molecule has 1 aromatic heterocycles. The second kappa shape index (κ2) is 6.13. The van der Waals surface area contributed by atoms with E-state index in [2.05, 4.69) is 10.2 Å². The summed E-state index contributed by atoms with van der Waals surface area (Å²) in [6.45, 7) is 3.77. The molecule has 0 aliphatic rings. The topological polar surface area (TPSA) is 99.1 Å². The van der Waals surface area contributed by atoms with Crippen LogP contribution in [0, 0.1) is 5.92 Å². The third kappa shape index (κ3) is 3.81. The summed E-state index contributed by atoms with van der Waals surface area (Å²) in [6, 6.07) is 6.11. The van der Waals surface area contributed by atoms with Crippen LogP contribution in [-0.2, 0) is 15.6 Å². The number of benzene rings is 1. The largest absolute Gasteiger partial charge is 0.411 e. The molecule has 1 atom stereocenters. The van der Waals surface area contributed by atoms with E-state index in [9.17, 15) is 8.42 Å². The maximum Gasteiger partial charge on any atom is 0.335 e. The SMILES string of the molecule is CC(C)[C@H](N)c1nnc(S(=O)(=O)Cc2cccc(Cl)c2)o1. The molecule has 0 saturated carbocycles. The van der Waals surface area contributed by atoms with Crippen molar-refractivity contribution in [1.29, 1.82) is 0 Å². The lowest BCUT2D eigenvalue weighted by molar-refractivity contribution is 0.341. The minimum Gasteiger partial charge on any atom is -0.411 e. The fourth-order valence-corrected chi connectivity index (χ4v) is 3.01. The van der Waals surface area contributed by atoms with E-state index in [0.717, 1.165) is 0 Å². The number of nitrogens with two attached hydrogens (primary N) is 1. The molecule has 0 radical (unpaired) electrons. The van der Waals surface area contributed by atoms with Crippen molar-refractivity contribution in [2.24, 2.45) is 11.7 Å². The minimum absolute atomic E-state index is 0.0638. The number of sulfone groups is 1. The Bertz CT molecular complexity index is 728. The third-order valence-electron chi connectivity index (χ3n) is 2.94. The van der Waals surface area contributed by atoms with E-state index < -0.39 is 21.1 Å². The Kier molecular flexibility index (Phi) is 4.65. The highest BCUT2D eigenvalue weighted by molar-refractivity contribution is 7.90. The highest BCUT2D eigenvalue weighted by Crippen LogP contribution is 2.22. The number of rotatable bonds is 5. The summed E-state index contributed by atoms with van der Waals surface area (Å²) < 4.78 is 29.7. The lowest BCUT2D eigenvalue weighted by Gasteiger charge is -2.09. The smallest absolute Gasteiger partial charge is 0.335 e. The lowest BCUT2D eigenvalue weighted by atomic mass is 10.1. The van der Waals surface area contributed by atoms with Gasteiger partial charge < -0.3 is 10.2 Å². The van der Waals surface area contributed by atoms with Crippen molar-refractivity contribution in [1.82, 2.24) is 10.2 Å². The zero-order chi connectivity index (χ0) is 15.6. The highest BCUT2D eigenvalue weighted by Gasteiger charge is 2.26. The summed E-state index contributed by atoms with van der Waals surface area (Å²) >= 11 is 5.84. The first-order chi connectivity index (χ1) is 9.79. The van der Waals surface area contributed by atoms with Crippen molar-refractivity contribution >= 4 is 21.4 Å². The third-order valence-corrected chi connectivity index (χ3v) is 4.58. The number of hydrogen-bond acceptors (Lipinski definition) is 6. The molecule has 0 amide bonds. The summed E-state index contributed by atoms with van der Waals surface area (Å²) in [6.07, 6.45) is 0. The summed E-state index contributed by atoms with van der Waals surface area (Å²) in [4.78, 5) is 0. The van der Waals surface area contributed by atoms with Gasteiger partial charge in [-0.05, 0) is 23.6 Å². The number of aromatic nitrogens is 2. The van der Waals surface area contributed by atoms with Crippen molar-refractivity contribution in [3.05, 3.63) is 40.7 Å². The Hall–Kier alpha value is -1.44. The summed E-state index contributed by atoms with van der Waals surface area (Å²) in [5, 5.41) is 7.35. The van der Waals surface area contributed by atoms with E-state index in [-0.39, 0.29) is 17.6 Å². The van der Waals surface area contributed by atoms with E-state index >= 15 is 0 Å². The fraction of sp³-hybridized carbons (Fsp3) is 0.385. The van der Waals surface area contributed by atoms with Crippen LogP contribution >= 0.6 is 11.6 Å². The summed E-state index contributed by atoms with van der Waals surface area (Å²) in [5.74, 6) is -0.0739. The maximum atomic E-state index is 12.2. The van der Waals surface area contributed by atoms with E-state index in [0.29, 0.717) is 10.6 Å². The predicted octanol–water partition coefficient (Wildman–Crippen LogP) is 2.35. The Balaban J connectivity index is 2.24. The molecule has 2 aromatic rings. The van der Waals surface area contributed by atoms with Crippen LogP contribution in [0.2, 0.25) is 5.02 Å². The molecule has 0 fully saturated rings. The van der Waals surface area contributed by atoms with Crippen LogP contribution in [0.5, 0.6) is 0 Å². The molecule has 0 bridgehead atoms. The predicted molar refractivity (Wildman–Crippen MR) is 78.4 cm³/mol. The second-order valence-corrected chi connectivity index (χ2v) is 7.37. The zero-order valence-corrected chi connectivity index (χ0v) is 13.2. The van der Waals surface area contributed by atoms with Gasteiger partial charge >= 0.3 is 5.22 Å². The Morgan fingerprint density at radius 2 is 2.05 bits per heavy atom. The van der Waals surface area contributed by atoms with Crippen molar-refractivity contribution in [2.75, 3.05) is 0 Å². The molecule has 0 aliphatic heterocycles. The van der Waals surface area contributed by atoms with Crippen LogP contribution < -0.4 is 5.73 Å². The molecule has 1 aromatic carbocycles. The van der Waals surface area contributed by atoms with Gasteiger partial charge in [0.2, 0.25) is 15.7 Å². The molecule has 0 unspecified atom stereocenters. The van der Waals surface area contributed by atoms with Gasteiger partial charge in [-0.3, -0.25) is 0 Å². The number of hydrogen-bond donors (Lipinski definition) is 1. The Morgan fingerprint density at radius 1 is 1.33 bits per heavy atom. The molecule has 6 nitrogen and oxygen atoms in total. The molecular formula is C13H16ClN3O3S. The Morgan fingerprint density at radius 3 is 2.67 bits per heavy atom. The van der Waals surface area contributed by atoms with E-state index in [4.69, 9.17) is 21.8 Å². The van der Waals surface area contributed by atoms with Crippen molar-refractivity contribution in [3.63, 3.8) is 0 Å². The maximum absolute atomic E-state index is 12.2. The summed E-state index contributed by atoms with van der Waals surface area (Å²) in [5.41, 5.74) is 6.41. The molecule has 114 valence electrons. The van der Waals surface area contributed by atoms with Gasteiger partial charge in [-0.1, -0.05) is 42.7 Å². The van der Waals surface area contributed by atoms with Crippen LogP contribution in [-0.4, -0.2) is 18.6 Å². The van der Waals surface area contributed by atoms with Crippen LogP contribution in [0.1, 0.15) is 31.3 Å². The van der Waals surface area contributed by atoms with Gasteiger partial charge in [0.1, 0.15) is 0 Å². The van der Waals surface area contributed by atoms with E-state index in [1.54, 1.807) is 24.3 Å². The van der Waals surface area contributed by atoms with Crippen LogP contribution in [0.4, 0.5) is 0 Å². The monoisotopic (exact) mass is 329 g/mol. The average Bonchev–Trinajstić information content (AvgIpc) is 2.87. The molecule has 2 N–H and O–H groups in total. The van der Waals surface area contributed by atoms with E-state index in [1.165, 1.54) is 0 Å². The highest BCUT2D eigenvalue weighted by atomic mass is 35.5. The summed E-state index contributed by atoms with van der Waals surface area (Å²) in [7, 11) is -3.72. The second-order valence-electron chi connectivity index (χ2n) is 5.07. The first-order valence-electron chi connectivity index (χ1n) is 6.36. The fourth-order valence-electron chi connectivity index (χ4n) is 1.67. The van der Waals surface area contributed by atoms with Gasteiger partial charge in [0.15, 0.2) is 0 Å². The van der Waals surface area contributed by atoms with Crippen LogP contribution in [0.25, 0.3) is 0 Å². The quantitative estimate of drug-likeness (QED) is 0.903. The first-order valence-corrected chi connectivity index (χ1v) is 8.39. The van der Waals surface area contributed by atoms with Crippen molar-refractivity contribution < 1.29 is 12.8 Å². The van der Waals surface area contributed by atoms with E-state index in [1.807, 2.05) is 13.8 Å². The molecule has 2 rings (SSSR count). The molecular weight excluding hydrogens is 314 g/mol. The van der Waals surface area contributed by atoms with Gasteiger partial charge in [-0.2, -0.15) is 0 Å². The van der Waals surface area contributed by atoms with Crippen LogP contribution in [0.3, 0.4) is 0 Å². The average molecular weight is 330 g/mol. The van der Waals surface area contributed by atoms with Gasteiger partial charge in [-0.25, -0.2) is 8.42 Å². The number of halogens is 1. The molecule has 0 aliphatic carbocycles. The molecule has 0 saturated heterocycles. The van der Waals surface area contributed by atoms with Crippen LogP contribution in [0.15, 0.2) is 33.9 Å². The number of nitrogens with zero attached hydrogens (tertiary/aromatic N) is 2. The zero-order valence-electron chi connectivity index (χ0n) is 11.7. The van der Waals surface area contributed by atoms with Gasteiger partial charge in [0.05, 0.1) is 11.8 Å². The molecule has 1 heterocycles. The Labute approximate surface area is 128 Å². The van der Waals surface area contributed by atoms with Gasteiger partial charge in [0.25, 0.3) is 0 Å². The normalized spacial score (nSPS) is 13.6. The lowest BCUT2D eigenvalue weighted by Crippen LogP contribution is -2.17. The molecule has 8 heteroatoms. The molecule has 0 spiro atoms. The van der Waals surface area contributed by atoms with Crippen molar-refractivity contribution in [3.8, 4) is 0 Å². The van der Waals surface area contributed by atoms with Gasteiger partial charge in [0, 0.05) is 5.02 Å². The standard InChI is InChI=1S/C13H16ClN3O3S/c1-8(2)11(15)12-16-17-13(20-12)21(18,19)7-9-4-3-5-10(14)6-9/h3-6,8,11H,7,15H2,1-2H3/t11-/m0/s1. The minimum atomic E-state index is -3.72.